The lowest BCUT2D eigenvalue weighted by molar-refractivity contribution is 1.15. The first kappa shape index (κ1) is 12.0. The van der Waals surface area contributed by atoms with Crippen molar-refractivity contribution >= 4 is 10.8 Å². The molecule has 94 valence electrons. The summed E-state index contributed by atoms with van der Waals surface area (Å²) in [6.45, 7) is 4.37. The fourth-order valence-corrected chi connectivity index (χ4v) is 2.64. The van der Waals surface area contributed by atoms with Gasteiger partial charge in [0.25, 0.3) is 0 Å². The van der Waals surface area contributed by atoms with Gasteiger partial charge in [0, 0.05) is 0 Å². The molecule has 0 atom stereocenters. The predicted molar refractivity (Wildman–Crippen MR) is 83.5 cm³/mol. The molecule has 0 heteroatoms. The third-order valence-electron chi connectivity index (χ3n) is 3.68. The maximum absolute atomic E-state index is 2.33. The molecule has 0 N–H and O–H groups in total. The molecule has 3 aromatic rings. The smallest absolute Gasteiger partial charge is 0.0146 e. The second-order valence-corrected chi connectivity index (χ2v) is 5.08. The zero-order valence-corrected chi connectivity index (χ0v) is 11.5. The Morgan fingerprint density at radius 3 is 2.32 bits per heavy atom. The van der Waals surface area contributed by atoms with Crippen molar-refractivity contribution in [3.05, 3.63) is 71.8 Å². The quantitative estimate of drug-likeness (QED) is 0.569. The van der Waals surface area contributed by atoms with E-state index in [2.05, 4.69) is 74.5 Å². The molecule has 0 bridgehead atoms. The number of hydrogen-bond donors (Lipinski definition) is 0. The molecule has 0 nitrogen and oxygen atoms in total. The topological polar surface area (TPSA) is 0 Å². The summed E-state index contributed by atoms with van der Waals surface area (Å²) >= 11 is 0. The Morgan fingerprint density at radius 1 is 0.789 bits per heavy atom. The van der Waals surface area contributed by atoms with E-state index in [1.807, 2.05) is 0 Å². The molecule has 0 amide bonds. The number of aryl methyl sites for hydroxylation is 2. The van der Waals surface area contributed by atoms with E-state index >= 15 is 0 Å². The van der Waals surface area contributed by atoms with Crippen molar-refractivity contribution < 1.29 is 0 Å². The van der Waals surface area contributed by atoms with Gasteiger partial charge in [-0.25, -0.2) is 0 Å². The summed E-state index contributed by atoms with van der Waals surface area (Å²) in [4.78, 5) is 0. The molecule has 0 aliphatic rings. The van der Waals surface area contributed by atoms with Crippen LogP contribution in [-0.4, -0.2) is 0 Å². The minimum absolute atomic E-state index is 1.06. The third-order valence-corrected chi connectivity index (χ3v) is 3.68. The summed E-state index contributed by atoms with van der Waals surface area (Å²) in [5, 5.41) is 2.66. The zero-order chi connectivity index (χ0) is 13.2. The molecular weight excluding hydrogens is 228 g/mol. The van der Waals surface area contributed by atoms with Crippen molar-refractivity contribution in [3.63, 3.8) is 0 Å². The number of fused-ring (bicyclic) bond motifs is 1. The predicted octanol–water partition coefficient (Wildman–Crippen LogP) is 5.38. The van der Waals surface area contributed by atoms with Crippen molar-refractivity contribution in [2.75, 3.05) is 0 Å². The highest BCUT2D eigenvalue weighted by atomic mass is 14.1. The molecule has 0 radical (unpaired) electrons. The Hall–Kier alpha value is -2.08. The maximum Gasteiger partial charge on any atom is -0.0146 e. The van der Waals surface area contributed by atoms with Crippen molar-refractivity contribution in [1.82, 2.24) is 0 Å². The Labute approximate surface area is 114 Å². The van der Waals surface area contributed by atoms with Crippen LogP contribution in [-0.2, 0) is 6.42 Å². The molecule has 3 rings (SSSR count). The van der Waals surface area contributed by atoms with E-state index in [0.29, 0.717) is 0 Å². The molecule has 0 saturated carbocycles. The van der Waals surface area contributed by atoms with E-state index in [9.17, 15) is 0 Å². The fourth-order valence-electron chi connectivity index (χ4n) is 2.64. The third kappa shape index (κ3) is 2.26. The van der Waals surface area contributed by atoms with Crippen molar-refractivity contribution in [2.24, 2.45) is 0 Å². The van der Waals surface area contributed by atoms with E-state index < -0.39 is 0 Å². The minimum Gasteiger partial charge on any atom is -0.0622 e. The number of rotatable bonds is 2. The average Bonchev–Trinajstić information content (AvgIpc) is 2.46. The Morgan fingerprint density at radius 2 is 1.58 bits per heavy atom. The lowest BCUT2D eigenvalue weighted by Gasteiger charge is -2.11. The summed E-state index contributed by atoms with van der Waals surface area (Å²) in [5.74, 6) is 0. The lowest BCUT2D eigenvalue weighted by Crippen LogP contribution is -1.89. The van der Waals surface area contributed by atoms with Crippen LogP contribution in [0, 0.1) is 6.92 Å². The molecule has 3 aromatic carbocycles. The van der Waals surface area contributed by atoms with Crippen LogP contribution >= 0.6 is 0 Å². The van der Waals surface area contributed by atoms with Crippen LogP contribution < -0.4 is 0 Å². The highest BCUT2D eigenvalue weighted by molar-refractivity contribution is 5.89. The highest BCUT2D eigenvalue weighted by Gasteiger charge is 2.06. The van der Waals surface area contributed by atoms with Crippen LogP contribution in [0.2, 0.25) is 0 Å². The van der Waals surface area contributed by atoms with Crippen LogP contribution in [0.4, 0.5) is 0 Å². The number of hydrogen-bond acceptors (Lipinski definition) is 0. The van der Waals surface area contributed by atoms with E-state index in [0.717, 1.165) is 6.42 Å². The first-order chi connectivity index (χ1) is 9.28. The van der Waals surface area contributed by atoms with Crippen molar-refractivity contribution in [3.8, 4) is 11.1 Å². The summed E-state index contributed by atoms with van der Waals surface area (Å²) < 4.78 is 0. The van der Waals surface area contributed by atoms with Crippen LogP contribution in [0.5, 0.6) is 0 Å². The van der Waals surface area contributed by atoms with Gasteiger partial charge in [0.1, 0.15) is 0 Å². The average molecular weight is 246 g/mol. The summed E-state index contributed by atoms with van der Waals surface area (Å²) in [6.07, 6.45) is 1.06. The first-order valence-electron chi connectivity index (χ1n) is 6.86. The molecule has 0 spiro atoms. The van der Waals surface area contributed by atoms with Crippen LogP contribution in [0.15, 0.2) is 60.7 Å². The lowest BCUT2D eigenvalue weighted by atomic mass is 9.94. The van der Waals surface area contributed by atoms with Gasteiger partial charge in [0.05, 0.1) is 0 Å². The molecular formula is C19H18. The van der Waals surface area contributed by atoms with Crippen LogP contribution in [0.3, 0.4) is 0 Å². The van der Waals surface area contributed by atoms with E-state index in [4.69, 9.17) is 0 Å². The van der Waals surface area contributed by atoms with Gasteiger partial charge < -0.3 is 0 Å². The van der Waals surface area contributed by atoms with Gasteiger partial charge in [-0.15, -0.1) is 0 Å². The molecule has 0 fully saturated rings. The summed E-state index contributed by atoms with van der Waals surface area (Å²) in [6, 6.07) is 22.0. The van der Waals surface area contributed by atoms with E-state index in [1.54, 1.807) is 0 Å². The highest BCUT2D eigenvalue weighted by Crippen LogP contribution is 2.29. The van der Waals surface area contributed by atoms with Gasteiger partial charge in [-0.05, 0) is 46.9 Å². The summed E-state index contributed by atoms with van der Waals surface area (Å²) in [7, 11) is 0. The second kappa shape index (κ2) is 4.89. The molecule has 0 heterocycles. The van der Waals surface area contributed by atoms with Crippen molar-refractivity contribution in [1.29, 1.82) is 0 Å². The molecule has 0 aliphatic carbocycles. The van der Waals surface area contributed by atoms with Gasteiger partial charge in [-0.2, -0.15) is 0 Å². The van der Waals surface area contributed by atoms with Crippen molar-refractivity contribution in [2.45, 2.75) is 20.3 Å². The fraction of sp³-hybridized carbons (Fsp3) is 0.158. The SMILES string of the molecule is CCc1cc2ccc(C)cc2cc1-c1ccccc1. The largest absolute Gasteiger partial charge is 0.0622 e. The zero-order valence-electron chi connectivity index (χ0n) is 11.5. The monoisotopic (exact) mass is 246 g/mol. The normalized spacial score (nSPS) is 10.8. The second-order valence-electron chi connectivity index (χ2n) is 5.08. The van der Waals surface area contributed by atoms with E-state index in [-0.39, 0.29) is 0 Å². The standard InChI is InChI=1S/C19H18/c1-3-15-12-17-10-9-14(2)11-18(17)13-19(15)16-7-5-4-6-8-16/h4-13H,3H2,1-2H3. The van der Waals surface area contributed by atoms with E-state index in [1.165, 1.54) is 33.0 Å². The molecule has 19 heavy (non-hydrogen) atoms. The first-order valence-corrected chi connectivity index (χ1v) is 6.86. The minimum atomic E-state index is 1.06. The van der Waals surface area contributed by atoms with Crippen LogP contribution in [0.25, 0.3) is 21.9 Å². The molecule has 0 aliphatic heterocycles. The Bertz CT molecular complexity index is 709. The maximum atomic E-state index is 2.33. The van der Waals surface area contributed by atoms with Gasteiger partial charge in [0.15, 0.2) is 0 Å². The molecule has 0 aromatic heterocycles. The van der Waals surface area contributed by atoms with Crippen LogP contribution in [0.1, 0.15) is 18.1 Å². The Balaban J connectivity index is 2.28. The summed E-state index contributed by atoms with van der Waals surface area (Å²) in [5.41, 5.74) is 5.40. The van der Waals surface area contributed by atoms with Gasteiger partial charge in [-0.3, -0.25) is 0 Å². The Kier molecular flexibility index (Phi) is 3.08. The number of benzene rings is 3. The molecule has 0 saturated heterocycles. The van der Waals surface area contributed by atoms with Gasteiger partial charge in [-0.1, -0.05) is 67.1 Å². The van der Waals surface area contributed by atoms with Gasteiger partial charge in [0.2, 0.25) is 0 Å². The van der Waals surface area contributed by atoms with Gasteiger partial charge >= 0.3 is 0 Å². The molecule has 0 unspecified atom stereocenters.